The molecule has 11 aromatic rings. The number of esters is 1. The number of imidazole rings is 1. The number of methoxy groups -OCH3 is 2. The van der Waals surface area contributed by atoms with Crippen LogP contribution in [-0.4, -0.2) is 195 Å². The van der Waals surface area contributed by atoms with Crippen molar-refractivity contribution in [3.63, 3.8) is 0 Å². The minimum absolute atomic E-state index is 0. The van der Waals surface area contributed by atoms with Crippen molar-refractivity contribution >= 4 is 137 Å². The summed E-state index contributed by atoms with van der Waals surface area (Å²) in [4.78, 5) is 208. The second kappa shape index (κ2) is 56.6. The van der Waals surface area contributed by atoms with Gasteiger partial charge in [0.15, 0.2) is 23.1 Å². The molecule has 0 radical (unpaired) electrons. The Bertz CT molecular complexity index is 6550. The summed E-state index contributed by atoms with van der Waals surface area (Å²) in [5.74, 6) is -4.19. The number of halogens is 3. The summed E-state index contributed by atoms with van der Waals surface area (Å²) in [6, 6.07) is 47.4. The Morgan fingerprint density at radius 1 is 0.514 bits per heavy atom. The van der Waals surface area contributed by atoms with Crippen molar-refractivity contribution in [2.24, 2.45) is 16.8 Å². The number of alkyl carbamates (subject to hydrolysis) is 1. The van der Waals surface area contributed by atoms with Crippen LogP contribution in [0.25, 0.3) is 39.6 Å². The summed E-state index contributed by atoms with van der Waals surface area (Å²) in [6.45, 7) is 12.8. The Morgan fingerprint density at radius 3 is 1.37 bits per heavy atom. The Kier molecular flexibility index (Phi) is 46.6. The molecule has 0 spiro atoms. The third-order valence-corrected chi connectivity index (χ3v) is 23.6. The topological polar surface area (TPSA) is 541 Å². The van der Waals surface area contributed by atoms with Crippen molar-refractivity contribution in [3.05, 3.63) is 337 Å². The number of aromatic carboxylic acids is 3. The number of hydrogen-bond acceptors (Lipinski definition) is 23. The first-order valence-electron chi connectivity index (χ1n) is 43.9. The number of H-pyrrole nitrogens is 2. The molecule has 142 heavy (non-hydrogen) atoms. The van der Waals surface area contributed by atoms with E-state index in [1.807, 2.05) is 94.0 Å². The Labute approximate surface area is 867 Å². The summed E-state index contributed by atoms with van der Waals surface area (Å²) in [7, 11) is 2.46. The molecule has 0 bridgehead atoms. The molecule has 2 amide bonds. The second-order valence-electron chi connectivity index (χ2n) is 33.2. The second-order valence-corrected chi connectivity index (χ2v) is 35.6. The van der Waals surface area contributed by atoms with Gasteiger partial charge in [0.05, 0.1) is 71.0 Å². The van der Waals surface area contributed by atoms with E-state index in [-0.39, 0.29) is 132 Å². The van der Waals surface area contributed by atoms with E-state index in [2.05, 4.69) is 89.2 Å². The summed E-state index contributed by atoms with van der Waals surface area (Å²) in [5, 5.41) is 46.0. The fourth-order valence-electron chi connectivity index (χ4n) is 14.4. The molecule has 1 saturated heterocycles. The van der Waals surface area contributed by atoms with Gasteiger partial charge in [0, 0.05) is 141 Å². The number of likely N-dealkylation sites (tertiary alicyclic amines) is 1. The van der Waals surface area contributed by atoms with Crippen molar-refractivity contribution in [3.8, 4) is 34.0 Å². The van der Waals surface area contributed by atoms with Gasteiger partial charge in [-0.1, -0.05) is 95.7 Å². The van der Waals surface area contributed by atoms with E-state index in [0.29, 0.717) is 52.6 Å². The number of ketones is 4. The molecule has 15 rings (SSSR count). The Morgan fingerprint density at radius 2 is 0.951 bits per heavy atom. The number of nitrogens with zero attached hydrogens (tertiary/aromatic N) is 7. The maximum atomic E-state index is 13.1. The van der Waals surface area contributed by atoms with E-state index in [4.69, 9.17) is 30.3 Å². The number of benzene rings is 5. The Hall–Kier alpha value is -13.8. The fourth-order valence-corrected chi connectivity index (χ4v) is 15.4. The molecule has 9 N–H and O–H groups in total. The zero-order valence-electron chi connectivity index (χ0n) is 79.3. The van der Waals surface area contributed by atoms with Gasteiger partial charge in [0.25, 0.3) is 22.2 Å². The van der Waals surface area contributed by atoms with Crippen molar-refractivity contribution in [1.82, 2.24) is 43.4 Å². The molecule has 2 aliphatic carbocycles. The summed E-state index contributed by atoms with van der Waals surface area (Å²) in [6.07, 6.45) is 21.6. The number of carboxylic acid groups (broad SMARTS) is 5. The van der Waals surface area contributed by atoms with Gasteiger partial charge in [-0.2, -0.15) is 0 Å². The molecule has 2 aliphatic heterocycles. The molecular formula is C102H106Br2IN10NaO26. The van der Waals surface area contributed by atoms with Crippen LogP contribution in [0.1, 0.15) is 219 Å². The van der Waals surface area contributed by atoms with Crippen LogP contribution in [0.2, 0.25) is 0 Å². The zero-order valence-corrected chi connectivity index (χ0v) is 86.6. The van der Waals surface area contributed by atoms with E-state index in [1.165, 1.54) is 134 Å². The molecule has 2 saturated carbocycles. The molecule has 40 heteroatoms. The molecule has 3 fully saturated rings. The minimum atomic E-state index is -1.18. The number of carbonyl (C=O) groups is 12. The number of Topliss-reactive ketones (excluding diaryl/α,β-unsaturated/α-hetero) is 4. The smallest absolute Gasteiger partial charge is 0.870 e. The SMILES string of the molecule is CC(=O)c1ccc(-n2ccc(C(=O)O)cc2=O)cc1.CC(=O)c1ccc(I)cc1.CC(C)(C)OC(=O)N1CCC[C@H]1C1=NC=C(c2ccn(-c3ccc(-c4cnc(C5CCCC5)[nH]4)cc3)c(=O)c2)C1.COC(=O)N[C@H](C(=O)O)C(C)C.COC(=O)c1cc[nH]c(=O)c1.O=C(CBr)c1ccc(-n2ccc(C(=O)CBr)cc2=O)cc1.O=C(O)C1CCCC1.O=C(O)c1ccc(-n2ccc(C(=O)O)cc2=O)cc1.[Na+].[OH-]. The summed E-state index contributed by atoms with van der Waals surface area (Å²) < 4.78 is 21.1. The average molecular weight is 2200 g/mol. The largest absolute Gasteiger partial charge is 1.00 e. The first kappa shape index (κ1) is 117. The number of amides is 2. The van der Waals surface area contributed by atoms with Gasteiger partial charge in [-0.15, -0.1) is 0 Å². The van der Waals surface area contributed by atoms with Crippen LogP contribution in [0.3, 0.4) is 0 Å². The minimum Gasteiger partial charge on any atom is -0.870 e. The van der Waals surface area contributed by atoms with Gasteiger partial charge in [0.2, 0.25) is 5.56 Å². The summed E-state index contributed by atoms with van der Waals surface area (Å²) in [5.41, 5.74) is 7.70. The molecular weight excluding hydrogens is 2090 g/mol. The molecule has 4 aliphatic rings. The standard InChI is InChI=1S/C32H37N5O3.C15H11Br2NO3.C14H11NO4.C13H9NO5.C8H7IO.C7H13NO4.C7H7NO3.C6H10O2.Na.H2O/c1-32(2,3)40-31(39)37-15-6-9-28(37)26-17-24(19-33-26)23-14-16-36(29(38)18-23)25-12-10-21(11-13-25)27-20-34-30(35-27)22-7-4-5-8-22;16-8-13(19)10-1-3-12(4-2-10)18-6-5-11(7-15(18)21)14(20)9-17;1-9(16)10-2-4-12(5-3-10)15-7-6-11(14(18)19)8-13(15)17;15-11-7-9(13(18)19)5-6-14(11)10-3-1-8(2-4-10)12(16)17;1-6(10)7-2-4-8(9)5-3-7;1-4(2)5(6(9)10)8-7(11)12-3;1-11-7(10)5-2-3-8-6(9)4-5;7-6(8)5-3-1-2-4-5;;/h10-14,16,18-20,22,28H,4-9,15,17H2,1-3H3,(H,34,35);1-7H,8-9H2;2-8H,1H3,(H,18,19);1-7H,(H,16,17)(H,18,19);2-5H,1H3;4-5H,1-3H3,(H,8,11)(H,9,10);2-4H,1H3,(H,8,9);5H,1-4H2,(H,7,8);;1H2/q;;;;;;;;+1;/p-1/t28-;;;;;5-;;;;/m0....0..../s1. The van der Waals surface area contributed by atoms with Crippen LogP contribution in [0.4, 0.5) is 9.59 Å². The van der Waals surface area contributed by atoms with Crippen LogP contribution in [0.15, 0.2) is 254 Å². The van der Waals surface area contributed by atoms with E-state index in [0.717, 1.165) is 99.4 Å². The molecule has 2 atom stereocenters. The first-order valence-corrected chi connectivity index (χ1v) is 47.2. The average Bonchev–Trinajstić information content (AvgIpc) is 1.65. The van der Waals surface area contributed by atoms with Gasteiger partial charge in [0.1, 0.15) is 17.5 Å². The maximum absolute atomic E-state index is 13.1. The maximum Gasteiger partial charge on any atom is 1.00 e. The third kappa shape index (κ3) is 35.1. The van der Waals surface area contributed by atoms with Crippen molar-refractivity contribution in [2.45, 2.75) is 143 Å². The van der Waals surface area contributed by atoms with Crippen LogP contribution < -0.4 is 62.7 Å². The predicted molar refractivity (Wildman–Crippen MR) is 541 cm³/mol. The number of alkyl halides is 2. The fraction of sp³-hybridized carbons (Fsp3) is 0.284. The number of aliphatic carboxylic acids is 2. The number of carbonyl (C=O) groups excluding carboxylic acids is 7. The third-order valence-electron chi connectivity index (χ3n) is 21.9. The van der Waals surface area contributed by atoms with E-state index in [9.17, 15) is 81.5 Å². The first-order chi connectivity index (χ1) is 66.5. The molecule has 36 nitrogen and oxygen atoms in total. The van der Waals surface area contributed by atoms with Crippen molar-refractivity contribution in [1.29, 1.82) is 0 Å². The Balaban J connectivity index is 0.000000263. The van der Waals surface area contributed by atoms with Gasteiger partial charge < -0.3 is 60.5 Å². The van der Waals surface area contributed by atoms with Crippen LogP contribution in [0.5, 0.6) is 0 Å². The molecule has 5 aromatic carbocycles. The molecule has 6 aromatic heterocycles. The van der Waals surface area contributed by atoms with Gasteiger partial charge in [-0.3, -0.25) is 76.1 Å². The molecule has 0 unspecified atom stereocenters. The number of pyridine rings is 5. The number of ether oxygens (including phenoxy) is 3. The number of rotatable bonds is 22. The van der Waals surface area contributed by atoms with Gasteiger partial charge in [-0.05, 0) is 246 Å². The predicted octanol–water partition coefficient (Wildman–Crippen LogP) is 13.6. The van der Waals surface area contributed by atoms with E-state index in [1.54, 1.807) is 97.1 Å². The van der Waals surface area contributed by atoms with E-state index >= 15 is 0 Å². The molecule has 742 valence electrons. The number of aromatic nitrogens is 7. The molecule has 8 heterocycles. The van der Waals surface area contributed by atoms with Gasteiger partial charge in [-0.25, -0.2) is 38.5 Å². The van der Waals surface area contributed by atoms with Crippen LogP contribution in [0, 0.1) is 15.4 Å². The van der Waals surface area contributed by atoms with Crippen LogP contribution in [-0.2, 0) is 23.8 Å². The van der Waals surface area contributed by atoms with Crippen LogP contribution >= 0.6 is 54.5 Å². The normalized spacial score (nSPS) is 13.4. The number of nitrogens with one attached hydrogen (secondary N) is 3. The van der Waals surface area contributed by atoms with E-state index < -0.39 is 64.7 Å². The number of allylic oxidation sites excluding steroid dienone is 1. The number of hydrogen-bond donors (Lipinski definition) is 8. The number of aromatic amines is 2. The monoisotopic (exact) mass is 2190 g/mol. The number of carboxylic acids is 5. The number of aliphatic imine (C=N–C) groups is 1. The zero-order chi connectivity index (χ0) is 103. The van der Waals surface area contributed by atoms with Crippen molar-refractivity contribution < 1.29 is 132 Å². The quantitative estimate of drug-likeness (QED) is 0.00780. The van der Waals surface area contributed by atoms with Gasteiger partial charge >= 0.3 is 77.6 Å². The summed E-state index contributed by atoms with van der Waals surface area (Å²) >= 11 is 8.40. The van der Waals surface area contributed by atoms with Crippen molar-refractivity contribution in [2.75, 3.05) is 31.4 Å².